The van der Waals surface area contributed by atoms with E-state index in [1.165, 1.54) is 57.8 Å². The van der Waals surface area contributed by atoms with Crippen molar-refractivity contribution in [2.24, 2.45) is 0 Å². The van der Waals surface area contributed by atoms with E-state index in [2.05, 4.69) is 6.92 Å². The molecular weight excluding hydrogens is 360 g/mol. The van der Waals surface area contributed by atoms with Crippen LogP contribution in [0.4, 0.5) is 0 Å². The summed E-state index contributed by atoms with van der Waals surface area (Å²) in [5.74, 6) is 0. The highest BCUT2D eigenvalue weighted by molar-refractivity contribution is 4.92. The molecule has 0 aromatic carbocycles. The van der Waals surface area contributed by atoms with E-state index in [1.807, 2.05) is 0 Å². The van der Waals surface area contributed by atoms with Gasteiger partial charge in [-0.3, -0.25) is 0 Å². The van der Waals surface area contributed by atoms with Crippen molar-refractivity contribution in [1.29, 1.82) is 0 Å². The zero-order chi connectivity index (χ0) is 20.6. The second kappa shape index (κ2) is 16.5. The van der Waals surface area contributed by atoms with Crippen molar-refractivity contribution in [1.82, 2.24) is 0 Å². The van der Waals surface area contributed by atoms with Crippen molar-refractivity contribution >= 4 is 0 Å². The van der Waals surface area contributed by atoms with Crippen LogP contribution >= 0.6 is 0 Å². The molecule has 6 heteroatoms. The number of hydrogen-bond donors (Lipinski definition) is 0. The fourth-order valence-electron chi connectivity index (χ4n) is 3.90. The average Bonchev–Trinajstić information content (AvgIpc) is 2.71. The number of rotatable bonds is 17. The molecule has 168 valence electrons. The molecule has 6 nitrogen and oxygen atoms in total. The molecule has 1 aliphatic heterocycles. The molecular formula is C22H44O6. The molecule has 1 aliphatic rings. The minimum atomic E-state index is -0.472. The highest BCUT2D eigenvalue weighted by atomic mass is 16.7. The fraction of sp³-hybridized carbons (Fsp3) is 1.00. The Kier molecular flexibility index (Phi) is 15.2. The Bertz CT molecular complexity index is 354. The lowest BCUT2D eigenvalue weighted by atomic mass is 9.98. The first-order valence-corrected chi connectivity index (χ1v) is 11.1. The number of methoxy groups -OCH3 is 4. The maximum Gasteiger partial charge on any atom is 0.186 e. The molecule has 0 aromatic rings. The Balaban J connectivity index is 2.27. The predicted octanol–water partition coefficient (Wildman–Crippen LogP) is 4.34. The molecule has 1 rings (SSSR count). The first-order chi connectivity index (χ1) is 13.7. The van der Waals surface area contributed by atoms with Gasteiger partial charge in [0.2, 0.25) is 0 Å². The summed E-state index contributed by atoms with van der Waals surface area (Å²) < 4.78 is 34.2. The summed E-state index contributed by atoms with van der Waals surface area (Å²) in [4.78, 5) is 0. The molecule has 0 bridgehead atoms. The van der Waals surface area contributed by atoms with Gasteiger partial charge < -0.3 is 28.4 Å². The van der Waals surface area contributed by atoms with E-state index >= 15 is 0 Å². The lowest BCUT2D eigenvalue weighted by molar-refractivity contribution is -0.313. The van der Waals surface area contributed by atoms with Gasteiger partial charge in [0.1, 0.15) is 24.4 Å². The fourth-order valence-corrected chi connectivity index (χ4v) is 3.90. The second-order valence-electron chi connectivity index (χ2n) is 7.65. The largest absolute Gasteiger partial charge is 0.382 e. The van der Waals surface area contributed by atoms with Crippen LogP contribution in [0.25, 0.3) is 0 Å². The van der Waals surface area contributed by atoms with E-state index in [-0.39, 0.29) is 24.4 Å². The number of ether oxygens (including phenoxy) is 6. The molecule has 0 unspecified atom stereocenters. The number of unbranched alkanes of at least 4 members (excludes halogenated alkanes) is 9. The molecule has 0 aromatic heterocycles. The van der Waals surface area contributed by atoms with Crippen LogP contribution in [0.5, 0.6) is 0 Å². The topological polar surface area (TPSA) is 55.4 Å². The third kappa shape index (κ3) is 9.06. The van der Waals surface area contributed by atoms with E-state index < -0.39 is 6.29 Å². The lowest BCUT2D eigenvalue weighted by Gasteiger charge is -2.44. The van der Waals surface area contributed by atoms with Crippen LogP contribution in [-0.4, -0.2) is 72.4 Å². The summed E-state index contributed by atoms with van der Waals surface area (Å²) >= 11 is 0. The zero-order valence-corrected chi connectivity index (χ0v) is 18.8. The normalized spacial score (nSPS) is 28.0. The van der Waals surface area contributed by atoms with Gasteiger partial charge in [-0.05, 0) is 6.42 Å². The van der Waals surface area contributed by atoms with Crippen molar-refractivity contribution in [2.45, 2.75) is 102 Å². The Morgan fingerprint density at radius 3 is 1.68 bits per heavy atom. The van der Waals surface area contributed by atoms with Crippen LogP contribution in [0.1, 0.15) is 71.1 Å². The smallest absolute Gasteiger partial charge is 0.186 e. The van der Waals surface area contributed by atoms with Gasteiger partial charge in [0.15, 0.2) is 6.29 Å². The Morgan fingerprint density at radius 2 is 1.18 bits per heavy atom. The molecule has 0 amide bonds. The van der Waals surface area contributed by atoms with Crippen molar-refractivity contribution < 1.29 is 28.4 Å². The predicted molar refractivity (Wildman–Crippen MR) is 111 cm³/mol. The van der Waals surface area contributed by atoms with E-state index in [9.17, 15) is 0 Å². The quantitative estimate of drug-likeness (QED) is 0.336. The maximum absolute atomic E-state index is 6.08. The van der Waals surface area contributed by atoms with Gasteiger partial charge in [-0.1, -0.05) is 64.7 Å². The first-order valence-electron chi connectivity index (χ1n) is 11.1. The van der Waals surface area contributed by atoms with Gasteiger partial charge in [0.25, 0.3) is 0 Å². The van der Waals surface area contributed by atoms with Gasteiger partial charge in [0.05, 0.1) is 6.61 Å². The van der Waals surface area contributed by atoms with E-state index in [0.717, 1.165) is 6.42 Å². The van der Waals surface area contributed by atoms with Crippen molar-refractivity contribution in [3.8, 4) is 0 Å². The van der Waals surface area contributed by atoms with Gasteiger partial charge in [-0.2, -0.15) is 0 Å². The van der Waals surface area contributed by atoms with Crippen LogP contribution in [0.15, 0.2) is 0 Å². The molecule has 1 fully saturated rings. The van der Waals surface area contributed by atoms with E-state index in [4.69, 9.17) is 28.4 Å². The standard InChI is InChI=1S/C22H44O6/c1-6-7-8-9-10-11-12-13-14-15-16-27-22-21(26-5)20(25-4)19(24-3)18(28-22)17-23-2/h18-22H,6-17H2,1-5H3/t18-,19-,20+,21-,22-/m1/s1. The molecule has 0 aliphatic carbocycles. The Labute approximate surface area is 172 Å². The molecule has 0 N–H and O–H groups in total. The van der Waals surface area contributed by atoms with Gasteiger partial charge in [-0.15, -0.1) is 0 Å². The molecule has 1 saturated heterocycles. The van der Waals surface area contributed by atoms with Crippen LogP contribution in [0, 0.1) is 0 Å². The average molecular weight is 405 g/mol. The van der Waals surface area contributed by atoms with Crippen molar-refractivity contribution in [3.05, 3.63) is 0 Å². The van der Waals surface area contributed by atoms with Crippen LogP contribution in [0.2, 0.25) is 0 Å². The van der Waals surface area contributed by atoms with Crippen LogP contribution in [0.3, 0.4) is 0 Å². The second-order valence-corrected chi connectivity index (χ2v) is 7.65. The van der Waals surface area contributed by atoms with Crippen LogP contribution in [-0.2, 0) is 28.4 Å². The Hall–Kier alpha value is -0.240. The highest BCUT2D eigenvalue weighted by Crippen LogP contribution is 2.28. The zero-order valence-electron chi connectivity index (χ0n) is 18.8. The summed E-state index contributed by atoms with van der Waals surface area (Å²) in [5.41, 5.74) is 0. The minimum Gasteiger partial charge on any atom is -0.382 e. The number of hydrogen-bond acceptors (Lipinski definition) is 6. The lowest BCUT2D eigenvalue weighted by Crippen LogP contribution is -2.61. The van der Waals surface area contributed by atoms with Gasteiger partial charge >= 0.3 is 0 Å². The third-order valence-corrected chi connectivity index (χ3v) is 5.52. The van der Waals surface area contributed by atoms with Gasteiger partial charge in [0, 0.05) is 35.0 Å². The minimum absolute atomic E-state index is 0.246. The molecule has 0 spiro atoms. The maximum atomic E-state index is 6.08. The first kappa shape index (κ1) is 25.8. The molecule has 28 heavy (non-hydrogen) atoms. The highest BCUT2D eigenvalue weighted by Gasteiger charge is 2.47. The summed E-state index contributed by atoms with van der Waals surface area (Å²) in [6.07, 6.45) is 11.5. The third-order valence-electron chi connectivity index (χ3n) is 5.52. The van der Waals surface area contributed by atoms with E-state index in [0.29, 0.717) is 13.2 Å². The van der Waals surface area contributed by atoms with Gasteiger partial charge in [-0.25, -0.2) is 0 Å². The summed E-state index contributed by atoms with van der Waals surface area (Å²) in [7, 11) is 6.62. The van der Waals surface area contributed by atoms with Crippen molar-refractivity contribution in [2.75, 3.05) is 41.7 Å². The summed E-state index contributed by atoms with van der Waals surface area (Å²) in [5, 5.41) is 0. The Morgan fingerprint density at radius 1 is 0.643 bits per heavy atom. The SMILES string of the molecule is CCCCCCCCCCCCO[C@@H]1O[C@H](COC)[C@@H](OC)[C@H](OC)[C@H]1OC. The monoisotopic (exact) mass is 404 g/mol. The van der Waals surface area contributed by atoms with E-state index in [1.54, 1.807) is 28.4 Å². The molecule has 0 saturated carbocycles. The van der Waals surface area contributed by atoms with Crippen LogP contribution < -0.4 is 0 Å². The van der Waals surface area contributed by atoms with Crippen molar-refractivity contribution in [3.63, 3.8) is 0 Å². The summed E-state index contributed by atoms with van der Waals surface area (Å²) in [6.45, 7) is 3.35. The molecule has 5 atom stereocenters. The molecule has 0 radical (unpaired) electrons. The summed E-state index contributed by atoms with van der Waals surface area (Å²) in [6, 6.07) is 0. The molecule has 1 heterocycles.